The van der Waals surface area contributed by atoms with E-state index in [4.69, 9.17) is 4.74 Å². The van der Waals surface area contributed by atoms with Crippen molar-refractivity contribution in [2.75, 3.05) is 52.5 Å². The molecule has 0 saturated carbocycles. The van der Waals surface area contributed by atoms with Crippen molar-refractivity contribution in [3.05, 3.63) is 0 Å². The summed E-state index contributed by atoms with van der Waals surface area (Å²) in [5.41, 5.74) is 0. The molecule has 0 N–H and O–H groups in total. The van der Waals surface area contributed by atoms with Crippen LogP contribution in [-0.2, 0) is 4.74 Å². The van der Waals surface area contributed by atoms with Gasteiger partial charge in [-0.1, -0.05) is 27.7 Å². The number of nitrogens with zero attached hydrogens (tertiary/aromatic N) is 2. The van der Waals surface area contributed by atoms with Crippen LogP contribution in [0.4, 0.5) is 0 Å². The molecule has 1 saturated heterocycles. The van der Waals surface area contributed by atoms with Crippen LogP contribution < -0.4 is 0 Å². The normalized spacial score (nSPS) is 17.4. The lowest BCUT2D eigenvalue weighted by Crippen LogP contribution is -2.35. The summed E-state index contributed by atoms with van der Waals surface area (Å²) in [6.45, 7) is 17.6. The topological polar surface area (TPSA) is 15.7 Å². The summed E-state index contributed by atoms with van der Waals surface area (Å²) in [5.74, 6) is 0. The number of hydrogen-bond acceptors (Lipinski definition) is 3. The van der Waals surface area contributed by atoms with Gasteiger partial charge < -0.3 is 9.64 Å². The summed E-state index contributed by atoms with van der Waals surface area (Å²) >= 11 is 0. The van der Waals surface area contributed by atoms with E-state index in [9.17, 15) is 0 Å². The lowest BCUT2D eigenvalue weighted by molar-refractivity contribution is 0.0405. The van der Waals surface area contributed by atoms with Crippen LogP contribution in [0, 0.1) is 0 Å². The molecule has 0 aromatic heterocycles. The third-order valence-electron chi connectivity index (χ3n) is 2.89. The maximum atomic E-state index is 5.16. The first-order valence-corrected chi connectivity index (χ1v) is 6.30. The molecule has 1 heterocycles. The molecule has 3 heteroatoms. The van der Waals surface area contributed by atoms with Crippen LogP contribution in [0.25, 0.3) is 0 Å². The molecule has 1 aliphatic rings. The van der Waals surface area contributed by atoms with Crippen molar-refractivity contribution in [3.63, 3.8) is 0 Å². The van der Waals surface area contributed by atoms with Gasteiger partial charge in [0.15, 0.2) is 0 Å². The Kier molecular flexibility index (Phi) is 10.3. The van der Waals surface area contributed by atoms with Gasteiger partial charge in [-0.3, -0.25) is 4.90 Å². The molecule has 1 aliphatic heterocycles. The zero-order valence-corrected chi connectivity index (χ0v) is 11.0. The molecule has 0 amide bonds. The number of morpholine rings is 1. The van der Waals surface area contributed by atoms with E-state index in [0.29, 0.717) is 0 Å². The minimum atomic E-state index is 0.924. The van der Waals surface area contributed by atoms with Crippen LogP contribution in [0.15, 0.2) is 0 Å². The highest BCUT2D eigenvalue weighted by Crippen LogP contribution is 1.93. The molecule has 0 bridgehead atoms. The van der Waals surface area contributed by atoms with E-state index < -0.39 is 0 Å². The monoisotopic (exact) mass is 216 g/mol. The Labute approximate surface area is 95.4 Å². The summed E-state index contributed by atoms with van der Waals surface area (Å²) in [6.07, 6.45) is 0. The zero-order valence-electron chi connectivity index (χ0n) is 11.0. The molecule has 1 rings (SSSR count). The Balaban J connectivity index is 0.000000265. The van der Waals surface area contributed by atoms with E-state index >= 15 is 0 Å². The second-order valence-electron chi connectivity index (χ2n) is 3.67. The van der Waals surface area contributed by atoms with E-state index in [1.807, 2.05) is 0 Å². The van der Waals surface area contributed by atoms with Gasteiger partial charge in [-0.05, 0) is 26.2 Å². The van der Waals surface area contributed by atoms with Crippen molar-refractivity contribution in [2.24, 2.45) is 0 Å². The molecule has 0 aromatic carbocycles. The summed E-state index contributed by atoms with van der Waals surface area (Å²) in [6, 6.07) is 0. The molecular weight excluding hydrogens is 188 g/mol. The standard InChI is InChI=1S/C6H13NO.C6H15N/c1-2-7-3-5-8-6-4-7;1-4-7(5-2)6-3/h2-6H2,1H3;4-6H2,1-3H3. The Morgan fingerprint density at radius 2 is 1.40 bits per heavy atom. The summed E-state index contributed by atoms with van der Waals surface area (Å²) in [4.78, 5) is 4.77. The van der Waals surface area contributed by atoms with Crippen LogP contribution in [0.5, 0.6) is 0 Å². The molecule has 0 unspecified atom stereocenters. The lowest BCUT2D eigenvalue weighted by Gasteiger charge is -2.24. The van der Waals surface area contributed by atoms with E-state index in [1.54, 1.807) is 0 Å². The third-order valence-corrected chi connectivity index (χ3v) is 2.89. The second-order valence-corrected chi connectivity index (χ2v) is 3.67. The van der Waals surface area contributed by atoms with Crippen molar-refractivity contribution in [1.82, 2.24) is 9.80 Å². The van der Waals surface area contributed by atoms with Gasteiger partial charge >= 0.3 is 0 Å². The van der Waals surface area contributed by atoms with Crippen LogP contribution in [0.2, 0.25) is 0 Å². The van der Waals surface area contributed by atoms with Crippen molar-refractivity contribution >= 4 is 0 Å². The number of likely N-dealkylation sites (N-methyl/N-ethyl adjacent to an activating group) is 1. The highest BCUT2D eigenvalue weighted by molar-refractivity contribution is 4.57. The number of rotatable bonds is 4. The maximum Gasteiger partial charge on any atom is 0.0594 e. The lowest BCUT2D eigenvalue weighted by atomic mass is 10.4. The second kappa shape index (κ2) is 10.4. The highest BCUT2D eigenvalue weighted by Gasteiger charge is 2.05. The molecule has 0 spiro atoms. The Morgan fingerprint density at radius 3 is 1.60 bits per heavy atom. The highest BCUT2D eigenvalue weighted by atomic mass is 16.5. The van der Waals surface area contributed by atoms with E-state index in [1.165, 1.54) is 26.2 Å². The maximum absolute atomic E-state index is 5.16. The van der Waals surface area contributed by atoms with Gasteiger partial charge in [0.1, 0.15) is 0 Å². The van der Waals surface area contributed by atoms with Gasteiger partial charge in [0.25, 0.3) is 0 Å². The Hall–Kier alpha value is -0.120. The summed E-state index contributed by atoms with van der Waals surface area (Å²) in [5, 5.41) is 0. The van der Waals surface area contributed by atoms with Crippen molar-refractivity contribution in [2.45, 2.75) is 27.7 Å². The fourth-order valence-corrected chi connectivity index (χ4v) is 1.59. The average Bonchev–Trinajstić information content (AvgIpc) is 2.33. The van der Waals surface area contributed by atoms with E-state index in [2.05, 4.69) is 37.5 Å². The SMILES string of the molecule is CCN(CC)CC.CCN1CCOCC1. The number of ether oxygens (including phenoxy) is 1. The van der Waals surface area contributed by atoms with Gasteiger partial charge in [-0.2, -0.15) is 0 Å². The molecule has 0 atom stereocenters. The van der Waals surface area contributed by atoms with Crippen molar-refractivity contribution < 1.29 is 4.74 Å². The average molecular weight is 216 g/mol. The molecule has 1 fully saturated rings. The van der Waals surface area contributed by atoms with Crippen LogP contribution in [-0.4, -0.2) is 62.3 Å². The molecule has 0 aliphatic carbocycles. The summed E-state index contributed by atoms with van der Waals surface area (Å²) in [7, 11) is 0. The van der Waals surface area contributed by atoms with Gasteiger partial charge in [0, 0.05) is 13.1 Å². The van der Waals surface area contributed by atoms with Gasteiger partial charge in [0.2, 0.25) is 0 Å². The van der Waals surface area contributed by atoms with Gasteiger partial charge in [-0.25, -0.2) is 0 Å². The third kappa shape index (κ3) is 7.77. The van der Waals surface area contributed by atoms with Gasteiger partial charge in [-0.15, -0.1) is 0 Å². The molecule has 0 aromatic rings. The van der Waals surface area contributed by atoms with Crippen LogP contribution >= 0.6 is 0 Å². The van der Waals surface area contributed by atoms with Crippen LogP contribution in [0.3, 0.4) is 0 Å². The first kappa shape index (κ1) is 14.9. The zero-order chi connectivity index (χ0) is 11.5. The minimum absolute atomic E-state index is 0.924. The number of hydrogen-bond donors (Lipinski definition) is 0. The predicted octanol–water partition coefficient (Wildman–Crippen LogP) is 1.69. The molecule has 92 valence electrons. The van der Waals surface area contributed by atoms with Crippen molar-refractivity contribution in [3.8, 4) is 0 Å². The first-order valence-electron chi connectivity index (χ1n) is 6.30. The Bertz CT molecular complexity index is 115. The minimum Gasteiger partial charge on any atom is -0.379 e. The molecule has 15 heavy (non-hydrogen) atoms. The van der Waals surface area contributed by atoms with Gasteiger partial charge in [0.05, 0.1) is 13.2 Å². The first-order chi connectivity index (χ1) is 7.28. The fourth-order valence-electron chi connectivity index (χ4n) is 1.59. The van der Waals surface area contributed by atoms with Crippen molar-refractivity contribution in [1.29, 1.82) is 0 Å². The fraction of sp³-hybridized carbons (Fsp3) is 1.00. The van der Waals surface area contributed by atoms with E-state index in [-0.39, 0.29) is 0 Å². The largest absolute Gasteiger partial charge is 0.379 e. The quantitative estimate of drug-likeness (QED) is 0.711. The smallest absolute Gasteiger partial charge is 0.0594 e. The molecule has 3 nitrogen and oxygen atoms in total. The van der Waals surface area contributed by atoms with E-state index in [0.717, 1.165) is 26.3 Å². The van der Waals surface area contributed by atoms with Crippen LogP contribution in [0.1, 0.15) is 27.7 Å². The molecule has 0 radical (unpaired) electrons. The predicted molar refractivity (Wildman–Crippen MR) is 66.4 cm³/mol. The Morgan fingerprint density at radius 1 is 0.933 bits per heavy atom. The summed E-state index contributed by atoms with van der Waals surface area (Å²) < 4.78 is 5.16. The molecular formula is C12H28N2O.